The van der Waals surface area contributed by atoms with Crippen molar-refractivity contribution >= 4 is 39.2 Å². The average Bonchev–Trinajstić information content (AvgIpc) is 2.91. The molecule has 17 heavy (non-hydrogen) atoms. The van der Waals surface area contributed by atoms with Gasteiger partial charge >= 0.3 is 0 Å². The van der Waals surface area contributed by atoms with Crippen molar-refractivity contribution in [2.24, 2.45) is 0 Å². The molecule has 0 bridgehead atoms. The Kier molecular flexibility index (Phi) is 2.86. The first kappa shape index (κ1) is 10.8. The molecule has 3 nitrogen and oxygen atoms in total. The molecule has 2 heterocycles. The maximum Gasteiger partial charge on any atom is 0.235 e. The van der Waals surface area contributed by atoms with Crippen LogP contribution in [0, 0.1) is 0 Å². The Bertz CT molecular complexity index is 570. The molecule has 3 rings (SSSR count). The number of carbonyl (C=O) groups excluding carboxylic acids is 1. The number of benzene rings is 1. The predicted octanol–water partition coefficient (Wildman–Crippen LogP) is 2.54. The Morgan fingerprint density at radius 3 is 3.06 bits per heavy atom. The number of hydrogen-bond acceptors (Lipinski definition) is 4. The lowest BCUT2D eigenvalue weighted by Gasteiger charge is -1.93. The first-order valence-corrected chi connectivity index (χ1v) is 7.09. The molecule has 86 valence electrons. The maximum absolute atomic E-state index is 11.0. The van der Waals surface area contributed by atoms with E-state index in [0.717, 1.165) is 22.0 Å². The molecule has 0 unspecified atom stereocenters. The highest BCUT2D eigenvalue weighted by atomic mass is 32.2. The summed E-state index contributed by atoms with van der Waals surface area (Å²) in [5.41, 5.74) is 1.05. The van der Waals surface area contributed by atoms with Crippen molar-refractivity contribution in [1.29, 1.82) is 0 Å². The largest absolute Gasteiger partial charge is 0.320 e. The van der Waals surface area contributed by atoms with E-state index in [1.165, 1.54) is 4.70 Å². The van der Waals surface area contributed by atoms with Gasteiger partial charge in [0.1, 0.15) is 0 Å². The molecule has 1 aromatic heterocycles. The standard InChI is InChI=1S/C12H10N2OS2/c15-10-7-16-11(14-10)5-6-12-13-8-3-1-2-4-9(8)17-12/h1-5H,6-7H2,(H,14,15)/b11-5+. The molecule has 1 amide bonds. The zero-order valence-electron chi connectivity index (χ0n) is 8.97. The molecule has 0 radical (unpaired) electrons. The van der Waals surface area contributed by atoms with E-state index in [4.69, 9.17) is 0 Å². The summed E-state index contributed by atoms with van der Waals surface area (Å²) >= 11 is 3.26. The number of aromatic nitrogens is 1. The van der Waals surface area contributed by atoms with Gasteiger partial charge in [0.15, 0.2) is 0 Å². The van der Waals surface area contributed by atoms with Gasteiger partial charge in [0.05, 0.1) is 26.0 Å². The van der Waals surface area contributed by atoms with Crippen molar-refractivity contribution in [2.45, 2.75) is 6.42 Å². The van der Waals surface area contributed by atoms with Crippen molar-refractivity contribution in [3.8, 4) is 0 Å². The molecule has 1 aromatic carbocycles. The minimum Gasteiger partial charge on any atom is -0.320 e. The van der Waals surface area contributed by atoms with Crippen LogP contribution < -0.4 is 5.32 Å². The normalized spacial score (nSPS) is 17.9. The Morgan fingerprint density at radius 1 is 1.41 bits per heavy atom. The second-order valence-corrected chi connectivity index (χ2v) is 5.82. The molecule has 0 atom stereocenters. The summed E-state index contributed by atoms with van der Waals surface area (Å²) in [7, 11) is 0. The van der Waals surface area contributed by atoms with Crippen molar-refractivity contribution in [2.75, 3.05) is 5.75 Å². The molecule has 1 N–H and O–H groups in total. The number of fused-ring (bicyclic) bond motifs is 1. The number of thioether (sulfide) groups is 1. The Hall–Kier alpha value is -1.33. The summed E-state index contributed by atoms with van der Waals surface area (Å²) in [6, 6.07) is 8.12. The SMILES string of the molecule is O=C1CS/C(=C/Cc2nc3ccccc3s2)N1. The van der Waals surface area contributed by atoms with Crippen LogP contribution in [-0.2, 0) is 11.2 Å². The van der Waals surface area contributed by atoms with Crippen molar-refractivity contribution in [1.82, 2.24) is 10.3 Å². The van der Waals surface area contributed by atoms with Crippen LogP contribution >= 0.6 is 23.1 Å². The second-order valence-electron chi connectivity index (χ2n) is 3.68. The summed E-state index contributed by atoms with van der Waals surface area (Å²) in [5.74, 6) is 0.622. The Balaban J connectivity index is 1.79. The minimum atomic E-state index is 0.0885. The van der Waals surface area contributed by atoms with E-state index in [0.29, 0.717) is 5.75 Å². The summed E-state index contributed by atoms with van der Waals surface area (Å²) in [6.07, 6.45) is 2.81. The van der Waals surface area contributed by atoms with Gasteiger partial charge in [-0.05, 0) is 18.2 Å². The summed E-state index contributed by atoms with van der Waals surface area (Å²) in [4.78, 5) is 15.6. The molecule has 0 spiro atoms. The smallest absolute Gasteiger partial charge is 0.235 e. The molecule has 1 saturated heterocycles. The van der Waals surface area contributed by atoms with E-state index in [9.17, 15) is 4.79 Å². The van der Waals surface area contributed by atoms with Crippen LogP contribution in [0.25, 0.3) is 10.2 Å². The van der Waals surface area contributed by atoms with Crippen LogP contribution in [-0.4, -0.2) is 16.6 Å². The second kappa shape index (κ2) is 4.50. The summed E-state index contributed by atoms with van der Waals surface area (Å²) in [5, 5.41) is 4.86. The number of para-hydroxylation sites is 1. The predicted molar refractivity (Wildman–Crippen MR) is 72.0 cm³/mol. The highest BCUT2D eigenvalue weighted by molar-refractivity contribution is 8.04. The van der Waals surface area contributed by atoms with Crippen LogP contribution in [0.15, 0.2) is 35.4 Å². The average molecular weight is 262 g/mol. The molecule has 2 aromatic rings. The lowest BCUT2D eigenvalue weighted by Crippen LogP contribution is -2.13. The first-order valence-electron chi connectivity index (χ1n) is 5.28. The summed E-state index contributed by atoms with van der Waals surface area (Å²) in [6.45, 7) is 0. The van der Waals surface area contributed by atoms with Crippen LogP contribution in [0.5, 0.6) is 0 Å². The number of nitrogens with one attached hydrogen (secondary N) is 1. The molecule has 0 aliphatic carbocycles. The molecule has 0 saturated carbocycles. The third-order valence-corrected chi connectivity index (χ3v) is 4.47. The number of thiazole rings is 1. The third kappa shape index (κ3) is 2.35. The zero-order valence-corrected chi connectivity index (χ0v) is 10.6. The number of hydrogen-bond donors (Lipinski definition) is 1. The Labute approximate surface area is 107 Å². The molecular formula is C12H10N2OS2. The Morgan fingerprint density at radius 2 is 2.29 bits per heavy atom. The zero-order chi connectivity index (χ0) is 11.7. The lowest BCUT2D eigenvalue weighted by atomic mass is 10.3. The van der Waals surface area contributed by atoms with Gasteiger partial charge in [-0.3, -0.25) is 4.79 Å². The van der Waals surface area contributed by atoms with Gasteiger partial charge in [-0.15, -0.1) is 11.3 Å². The third-order valence-electron chi connectivity index (χ3n) is 2.42. The van der Waals surface area contributed by atoms with E-state index in [-0.39, 0.29) is 5.91 Å². The van der Waals surface area contributed by atoms with Gasteiger partial charge in [-0.25, -0.2) is 4.98 Å². The van der Waals surface area contributed by atoms with Crippen LogP contribution in [0.1, 0.15) is 5.01 Å². The minimum absolute atomic E-state index is 0.0885. The van der Waals surface area contributed by atoms with E-state index < -0.39 is 0 Å². The quantitative estimate of drug-likeness (QED) is 0.904. The highest BCUT2D eigenvalue weighted by Crippen LogP contribution is 2.24. The molecule has 1 aliphatic rings. The van der Waals surface area contributed by atoms with Crippen LogP contribution in [0.4, 0.5) is 0 Å². The fourth-order valence-corrected chi connectivity index (χ4v) is 3.33. The van der Waals surface area contributed by atoms with E-state index in [1.54, 1.807) is 23.1 Å². The number of carbonyl (C=O) groups is 1. The maximum atomic E-state index is 11.0. The number of rotatable bonds is 2. The van der Waals surface area contributed by atoms with Crippen LogP contribution in [0.2, 0.25) is 0 Å². The van der Waals surface area contributed by atoms with Crippen molar-refractivity contribution < 1.29 is 4.79 Å². The van der Waals surface area contributed by atoms with E-state index >= 15 is 0 Å². The summed E-state index contributed by atoms with van der Waals surface area (Å²) < 4.78 is 1.21. The lowest BCUT2D eigenvalue weighted by molar-refractivity contribution is -0.117. The van der Waals surface area contributed by atoms with Gasteiger partial charge in [0.2, 0.25) is 5.91 Å². The number of amides is 1. The fourth-order valence-electron chi connectivity index (χ4n) is 1.65. The van der Waals surface area contributed by atoms with Crippen molar-refractivity contribution in [3.63, 3.8) is 0 Å². The molecule has 5 heteroatoms. The van der Waals surface area contributed by atoms with Gasteiger partial charge < -0.3 is 5.32 Å². The topological polar surface area (TPSA) is 42.0 Å². The highest BCUT2D eigenvalue weighted by Gasteiger charge is 2.14. The monoisotopic (exact) mass is 262 g/mol. The molecule has 1 fully saturated rings. The molecular weight excluding hydrogens is 252 g/mol. The van der Waals surface area contributed by atoms with Gasteiger partial charge in [-0.2, -0.15) is 0 Å². The molecule has 1 aliphatic heterocycles. The van der Waals surface area contributed by atoms with Gasteiger partial charge in [0, 0.05) is 6.42 Å². The van der Waals surface area contributed by atoms with Crippen molar-refractivity contribution in [3.05, 3.63) is 40.4 Å². The van der Waals surface area contributed by atoms with E-state index in [2.05, 4.69) is 16.4 Å². The van der Waals surface area contributed by atoms with Gasteiger partial charge in [0.25, 0.3) is 0 Å². The fraction of sp³-hybridized carbons (Fsp3) is 0.167. The number of allylic oxidation sites excluding steroid dienone is 1. The van der Waals surface area contributed by atoms with Gasteiger partial charge in [-0.1, -0.05) is 23.9 Å². The van der Waals surface area contributed by atoms with Crippen LogP contribution in [0.3, 0.4) is 0 Å². The number of nitrogens with zero attached hydrogens (tertiary/aromatic N) is 1. The first-order chi connectivity index (χ1) is 8.31. The van der Waals surface area contributed by atoms with E-state index in [1.807, 2.05) is 24.3 Å².